The normalized spacial score (nSPS) is 15.7. The molecule has 1 aromatic carbocycles. The summed E-state index contributed by atoms with van der Waals surface area (Å²) in [6.45, 7) is 5.28. The molecule has 0 saturated carbocycles. The highest BCUT2D eigenvalue weighted by Crippen LogP contribution is 2.15. The zero-order valence-corrected chi connectivity index (χ0v) is 13.2. The van der Waals surface area contributed by atoms with Gasteiger partial charge < -0.3 is 15.0 Å². The molecule has 22 heavy (non-hydrogen) atoms. The second kappa shape index (κ2) is 7.82. The number of piperidine rings is 1. The number of ether oxygens (including phenoxy) is 1. The predicted molar refractivity (Wildman–Crippen MR) is 84.7 cm³/mol. The Kier molecular flexibility index (Phi) is 5.81. The van der Waals surface area contributed by atoms with Crippen molar-refractivity contribution in [1.29, 1.82) is 0 Å². The summed E-state index contributed by atoms with van der Waals surface area (Å²) in [4.78, 5) is 25.5. The number of carbonyl (C=O) groups excluding carboxylic acids is 2. The molecular weight excluding hydrogens is 280 g/mol. The first-order valence-electron chi connectivity index (χ1n) is 7.85. The average Bonchev–Trinajstić information content (AvgIpc) is 2.48. The third-order valence-electron chi connectivity index (χ3n) is 3.66. The highest BCUT2D eigenvalue weighted by atomic mass is 16.6. The highest BCUT2D eigenvalue weighted by molar-refractivity contribution is 5.76. The van der Waals surface area contributed by atoms with Gasteiger partial charge in [0.25, 0.3) is 0 Å². The molecule has 120 valence electrons. The monoisotopic (exact) mass is 304 g/mol. The molecule has 0 unspecified atom stereocenters. The average molecular weight is 304 g/mol. The van der Waals surface area contributed by atoms with Gasteiger partial charge in [-0.2, -0.15) is 0 Å². The fourth-order valence-corrected chi connectivity index (χ4v) is 2.52. The zero-order chi connectivity index (χ0) is 15.9. The minimum atomic E-state index is -0.321. The molecule has 1 aliphatic heterocycles. The molecule has 0 radical (unpaired) electrons. The van der Waals surface area contributed by atoms with Crippen molar-refractivity contribution >= 4 is 12.0 Å². The standard InChI is InChI=1S/C17H24N2O3/c1-13(2)12-16(20)18-14-8-10-19(11-9-14)17(21)22-15-6-4-3-5-7-15/h3-7,13-14H,8-12H2,1-2H3,(H,18,20). The van der Waals surface area contributed by atoms with Crippen LogP contribution in [-0.4, -0.2) is 36.0 Å². The van der Waals surface area contributed by atoms with Crippen molar-refractivity contribution in [2.24, 2.45) is 5.92 Å². The first-order chi connectivity index (χ1) is 10.5. The van der Waals surface area contributed by atoms with Crippen LogP contribution in [0.4, 0.5) is 4.79 Å². The Balaban J connectivity index is 1.75. The Morgan fingerprint density at radius 2 is 1.86 bits per heavy atom. The van der Waals surface area contributed by atoms with Crippen molar-refractivity contribution in [2.45, 2.75) is 39.2 Å². The smallest absolute Gasteiger partial charge is 0.410 e. The molecule has 2 amide bonds. The molecule has 2 rings (SSSR count). The van der Waals surface area contributed by atoms with Crippen molar-refractivity contribution in [2.75, 3.05) is 13.1 Å². The van der Waals surface area contributed by atoms with E-state index >= 15 is 0 Å². The van der Waals surface area contributed by atoms with Crippen LogP contribution in [0.5, 0.6) is 5.75 Å². The summed E-state index contributed by atoms with van der Waals surface area (Å²) in [6, 6.07) is 9.22. The maximum absolute atomic E-state index is 12.1. The van der Waals surface area contributed by atoms with Gasteiger partial charge in [-0.15, -0.1) is 0 Å². The summed E-state index contributed by atoms with van der Waals surface area (Å²) in [5, 5.41) is 3.04. The topological polar surface area (TPSA) is 58.6 Å². The summed E-state index contributed by atoms with van der Waals surface area (Å²) in [5.41, 5.74) is 0. The van der Waals surface area contributed by atoms with E-state index in [0.29, 0.717) is 31.2 Å². The Bertz CT molecular complexity index is 494. The number of hydrogen-bond acceptors (Lipinski definition) is 3. The van der Waals surface area contributed by atoms with Crippen molar-refractivity contribution in [1.82, 2.24) is 10.2 Å². The number of benzene rings is 1. The molecule has 1 heterocycles. The number of likely N-dealkylation sites (tertiary alicyclic amines) is 1. The van der Waals surface area contributed by atoms with Crippen LogP contribution < -0.4 is 10.1 Å². The molecule has 0 aliphatic carbocycles. The lowest BCUT2D eigenvalue weighted by atomic mass is 10.0. The van der Waals surface area contributed by atoms with Gasteiger partial charge in [-0.1, -0.05) is 32.0 Å². The number of carbonyl (C=O) groups is 2. The quantitative estimate of drug-likeness (QED) is 0.930. The largest absolute Gasteiger partial charge is 0.415 e. The minimum Gasteiger partial charge on any atom is -0.410 e. The lowest BCUT2D eigenvalue weighted by Crippen LogP contribution is -2.47. The van der Waals surface area contributed by atoms with Gasteiger partial charge in [0, 0.05) is 25.6 Å². The third kappa shape index (κ3) is 5.06. The fourth-order valence-electron chi connectivity index (χ4n) is 2.52. The summed E-state index contributed by atoms with van der Waals surface area (Å²) in [5.74, 6) is 1.01. The van der Waals surface area contributed by atoms with E-state index in [-0.39, 0.29) is 18.0 Å². The van der Waals surface area contributed by atoms with E-state index in [4.69, 9.17) is 4.74 Å². The maximum Gasteiger partial charge on any atom is 0.415 e. The first kappa shape index (κ1) is 16.3. The van der Waals surface area contributed by atoms with Gasteiger partial charge in [0.05, 0.1) is 0 Å². The molecule has 1 N–H and O–H groups in total. The van der Waals surface area contributed by atoms with Crippen molar-refractivity contribution in [3.63, 3.8) is 0 Å². The van der Waals surface area contributed by atoms with Gasteiger partial charge in [-0.25, -0.2) is 4.79 Å². The van der Waals surface area contributed by atoms with E-state index in [1.54, 1.807) is 17.0 Å². The van der Waals surface area contributed by atoms with Crippen molar-refractivity contribution in [3.05, 3.63) is 30.3 Å². The Morgan fingerprint density at radius 3 is 2.45 bits per heavy atom. The molecule has 5 heteroatoms. The van der Waals surface area contributed by atoms with E-state index in [9.17, 15) is 9.59 Å². The van der Waals surface area contributed by atoms with Crippen LogP contribution in [0.2, 0.25) is 0 Å². The summed E-state index contributed by atoms with van der Waals surface area (Å²) in [7, 11) is 0. The molecule has 1 aliphatic rings. The van der Waals surface area contributed by atoms with Crippen molar-refractivity contribution in [3.8, 4) is 5.75 Å². The molecule has 1 fully saturated rings. The number of nitrogens with one attached hydrogen (secondary N) is 1. The molecule has 0 spiro atoms. The second-order valence-electron chi connectivity index (χ2n) is 6.11. The van der Waals surface area contributed by atoms with Crippen LogP contribution in [0.15, 0.2) is 30.3 Å². The van der Waals surface area contributed by atoms with E-state index < -0.39 is 0 Å². The number of nitrogens with zero attached hydrogens (tertiary/aromatic N) is 1. The number of para-hydroxylation sites is 1. The Labute approximate surface area is 131 Å². The Morgan fingerprint density at radius 1 is 1.23 bits per heavy atom. The van der Waals surface area contributed by atoms with Gasteiger partial charge in [-0.3, -0.25) is 4.79 Å². The maximum atomic E-state index is 12.1. The number of rotatable bonds is 4. The fraction of sp³-hybridized carbons (Fsp3) is 0.529. The SMILES string of the molecule is CC(C)CC(=O)NC1CCN(C(=O)Oc2ccccc2)CC1. The molecule has 5 nitrogen and oxygen atoms in total. The second-order valence-corrected chi connectivity index (χ2v) is 6.11. The molecule has 1 aromatic rings. The zero-order valence-electron chi connectivity index (χ0n) is 13.2. The van der Waals surface area contributed by atoms with Gasteiger partial charge in [0.1, 0.15) is 5.75 Å². The van der Waals surface area contributed by atoms with Gasteiger partial charge in [0.15, 0.2) is 0 Å². The van der Waals surface area contributed by atoms with Crippen LogP contribution in [0.25, 0.3) is 0 Å². The van der Waals surface area contributed by atoms with Crippen LogP contribution in [0.1, 0.15) is 33.1 Å². The predicted octanol–water partition coefficient (Wildman–Crippen LogP) is 2.81. The van der Waals surface area contributed by atoms with Gasteiger partial charge >= 0.3 is 6.09 Å². The molecule has 1 saturated heterocycles. The third-order valence-corrected chi connectivity index (χ3v) is 3.66. The molecule has 0 atom stereocenters. The summed E-state index contributed by atoms with van der Waals surface area (Å²) >= 11 is 0. The summed E-state index contributed by atoms with van der Waals surface area (Å²) in [6.07, 6.45) is 1.77. The molecular formula is C17H24N2O3. The minimum absolute atomic E-state index is 0.0975. The van der Waals surface area contributed by atoms with Crippen LogP contribution in [0, 0.1) is 5.92 Å². The molecule has 0 aromatic heterocycles. The van der Waals surface area contributed by atoms with Crippen LogP contribution >= 0.6 is 0 Å². The summed E-state index contributed by atoms with van der Waals surface area (Å²) < 4.78 is 5.32. The van der Waals surface area contributed by atoms with Crippen LogP contribution in [-0.2, 0) is 4.79 Å². The lowest BCUT2D eigenvalue weighted by molar-refractivity contribution is -0.122. The van der Waals surface area contributed by atoms with Gasteiger partial charge in [-0.05, 0) is 30.9 Å². The first-order valence-corrected chi connectivity index (χ1v) is 7.85. The van der Waals surface area contributed by atoms with Crippen molar-refractivity contribution < 1.29 is 14.3 Å². The Hall–Kier alpha value is -2.04. The van der Waals surface area contributed by atoms with Gasteiger partial charge in [0.2, 0.25) is 5.91 Å². The van der Waals surface area contributed by atoms with Crippen LogP contribution in [0.3, 0.4) is 0 Å². The van der Waals surface area contributed by atoms with E-state index in [1.807, 2.05) is 32.0 Å². The molecule has 0 bridgehead atoms. The van der Waals surface area contributed by atoms with E-state index in [1.165, 1.54) is 0 Å². The lowest BCUT2D eigenvalue weighted by Gasteiger charge is -2.31. The van der Waals surface area contributed by atoms with E-state index in [2.05, 4.69) is 5.32 Å². The number of amides is 2. The van der Waals surface area contributed by atoms with E-state index in [0.717, 1.165) is 12.8 Å². The number of hydrogen-bond donors (Lipinski definition) is 1. The highest BCUT2D eigenvalue weighted by Gasteiger charge is 2.25.